The lowest BCUT2D eigenvalue weighted by atomic mass is 10.2. The highest BCUT2D eigenvalue weighted by atomic mass is 19.4. The summed E-state index contributed by atoms with van der Waals surface area (Å²) in [5.41, 5.74) is 1.00. The molecule has 18 heavy (non-hydrogen) atoms. The number of nitrogens with one attached hydrogen (secondary N) is 1. The standard InChI is InChI=1S/C12H20F3N3/c1-10(2)6-16-7-11-8-17-18(9-11)5-3-4-12(13,14)15/h8-10,16H,3-7H2,1-2H3. The molecule has 6 heteroatoms. The van der Waals surface area contributed by atoms with Gasteiger partial charge in [-0.1, -0.05) is 13.8 Å². The molecule has 0 atom stereocenters. The molecule has 0 aromatic carbocycles. The molecule has 1 aromatic heterocycles. The Morgan fingerprint density at radius 3 is 2.72 bits per heavy atom. The predicted octanol–water partition coefficient (Wildman–Crippen LogP) is 2.97. The number of nitrogens with zero attached hydrogens (tertiary/aromatic N) is 2. The lowest BCUT2D eigenvalue weighted by Crippen LogP contribution is -2.18. The Balaban J connectivity index is 2.26. The van der Waals surface area contributed by atoms with Crippen molar-refractivity contribution in [1.82, 2.24) is 15.1 Å². The van der Waals surface area contributed by atoms with Crippen LogP contribution in [0.3, 0.4) is 0 Å². The third kappa shape index (κ3) is 6.64. The number of aromatic nitrogens is 2. The van der Waals surface area contributed by atoms with Crippen LogP contribution < -0.4 is 5.32 Å². The van der Waals surface area contributed by atoms with Crippen LogP contribution in [0.2, 0.25) is 0 Å². The van der Waals surface area contributed by atoms with Gasteiger partial charge in [-0.3, -0.25) is 4.68 Å². The molecule has 0 aliphatic carbocycles. The SMILES string of the molecule is CC(C)CNCc1cnn(CCCC(F)(F)F)c1. The molecule has 0 unspecified atom stereocenters. The van der Waals surface area contributed by atoms with Crippen LogP contribution in [0.25, 0.3) is 0 Å². The van der Waals surface area contributed by atoms with Gasteiger partial charge in [0.1, 0.15) is 0 Å². The van der Waals surface area contributed by atoms with Crippen LogP contribution in [0.1, 0.15) is 32.3 Å². The smallest absolute Gasteiger partial charge is 0.312 e. The highest BCUT2D eigenvalue weighted by Crippen LogP contribution is 2.21. The van der Waals surface area contributed by atoms with E-state index in [0.717, 1.165) is 12.1 Å². The Bertz CT molecular complexity index is 345. The largest absolute Gasteiger partial charge is 0.389 e. The summed E-state index contributed by atoms with van der Waals surface area (Å²) < 4.78 is 37.5. The highest BCUT2D eigenvalue weighted by molar-refractivity contribution is 5.03. The Morgan fingerprint density at radius 1 is 1.39 bits per heavy atom. The van der Waals surface area contributed by atoms with Gasteiger partial charge in [0.2, 0.25) is 0 Å². The van der Waals surface area contributed by atoms with Crippen LogP contribution in [-0.4, -0.2) is 22.5 Å². The molecule has 104 valence electrons. The Labute approximate surface area is 105 Å². The van der Waals surface area contributed by atoms with Crippen molar-refractivity contribution < 1.29 is 13.2 Å². The van der Waals surface area contributed by atoms with E-state index in [1.165, 1.54) is 0 Å². The summed E-state index contributed by atoms with van der Waals surface area (Å²) in [6.45, 7) is 6.17. The predicted molar refractivity (Wildman–Crippen MR) is 64.1 cm³/mol. The van der Waals surface area contributed by atoms with E-state index < -0.39 is 12.6 Å². The zero-order valence-electron chi connectivity index (χ0n) is 10.8. The minimum absolute atomic E-state index is 0.0735. The number of hydrogen-bond donors (Lipinski definition) is 1. The molecule has 0 amide bonds. The van der Waals surface area contributed by atoms with Gasteiger partial charge in [-0.15, -0.1) is 0 Å². The summed E-state index contributed by atoms with van der Waals surface area (Å²) in [7, 11) is 0. The van der Waals surface area contributed by atoms with E-state index in [9.17, 15) is 13.2 Å². The first-order valence-electron chi connectivity index (χ1n) is 6.15. The highest BCUT2D eigenvalue weighted by Gasteiger charge is 2.25. The lowest BCUT2D eigenvalue weighted by Gasteiger charge is -2.06. The summed E-state index contributed by atoms with van der Waals surface area (Å²) >= 11 is 0. The van der Waals surface area contributed by atoms with E-state index in [1.807, 2.05) is 0 Å². The van der Waals surface area contributed by atoms with Gasteiger partial charge >= 0.3 is 6.18 Å². The van der Waals surface area contributed by atoms with Crippen LogP contribution in [0.5, 0.6) is 0 Å². The van der Waals surface area contributed by atoms with Gasteiger partial charge in [0.15, 0.2) is 0 Å². The molecular formula is C12H20F3N3. The molecule has 1 heterocycles. The van der Waals surface area contributed by atoms with E-state index >= 15 is 0 Å². The van der Waals surface area contributed by atoms with Gasteiger partial charge in [-0.05, 0) is 18.9 Å². The molecule has 0 aliphatic heterocycles. The second kappa shape index (κ2) is 6.78. The normalized spacial score (nSPS) is 12.3. The van der Waals surface area contributed by atoms with Crippen molar-refractivity contribution in [3.63, 3.8) is 0 Å². The number of rotatable bonds is 7. The van der Waals surface area contributed by atoms with Crippen LogP contribution in [0, 0.1) is 5.92 Å². The number of hydrogen-bond acceptors (Lipinski definition) is 2. The van der Waals surface area contributed by atoms with Crippen molar-refractivity contribution in [2.45, 2.75) is 46.0 Å². The molecule has 3 nitrogen and oxygen atoms in total. The second-order valence-corrected chi connectivity index (χ2v) is 4.86. The van der Waals surface area contributed by atoms with Crippen molar-refractivity contribution in [3.05, 3.63) is 18.0 Å². The van der Waals surface area contributed by atoms with Gasteiger partial charge in [-0.25, -0.2) is 0 Å². The van der Waals surface area contributed by atoms with Crippen LogP contribution in [0.15, 0.2) is 12.4 Å². The summed E-state index contributed by atoms with van der Waals surface area (Å²) in [5.74, 6) is 0.576. The molecule has 0 fully saturated rings. The first-order valence-corrected chi connectivity index (χ1v) is 6.15. The molecule has 0 bridgehead atoms. The molecule has 1 aromatic rings. The zero-order chi connectivity index (χ0) is 13.6. The summed E-state index contributed by atoms with van der Waals surface area (Å²) in [6, 6.07) is 0. The molecule has 1 rings (SSSR count). The number of aryl methyl sites for hydroxylation is 1. The van der Waals surface area contributed by atoms with Crippen molar-refractivity contribution in [1.29, 1.82) is 0 Å². The van der Waals surface area contributed by atoms with Crippen molar-refractivity contribution in [3.8, 4) is 0 Å². The average Bonchev–Trinajstić information content (AvgIpc) is 2.63. The van der Waals surface area contributed by atoms with Gasteiger partial charge in [0.05, 0.1) is 6.20 Å². The van der Waals surface area contributed by atoms with Crippen molar-refractivity contribution >= 4 is 0 Å². The summed E-state index contributed by atoms with van der Waals surface area (Å²) in [6.07, 6.45) is -1.27. The van der Waals surface area contributed by atoms with Gasteiger partial charge in [0, 0.05) is 31.3 Å². The first-order chi connectivity index (χ1) is 8.37. The fourth-order valence-corrected chi connectivity index (χ4v) is 1.57. The van der Waals surface area contributed by atoms with Crippen LogP contribution in [0.4, 0.5) is 13.2 Å². The average molecular weight is 263 g/mol. The van der Waals surface area contributed by atoms with Crippen LogP contribution in [-0.2, 0) is 13.1 Å². The van der Waals surface area contributed by atoms with E-state index in [0.29, 0.717) is 19.0 Å². The quantitative estimate of drug-likeness (QED) is 0.819. The Hall–Kier alpha value is -1.04. The van der Waals surface area contributed by atoms with Crippen molar-refractivity contribution in [2.24, 2.45) is 5.92 Å². The third-order valence-corrected chi connectivity index (χ3v) is 2.42. The second-order valence-electron chi connectivity index (χ2n) is 4.86. The Kier molecular flexibility index (Phi) is 5.65. The fraction of sp³-hybridized carbons (Fsp3) is 0.750. The molecule has 0 spiro atoms. The summed E-state index contributed by atoms with van der Waals surface area (Å²) in [4.78, 5) is 0. The van der Waals surface area contributed by atoms with Gasteiger partial charge in [-0.2, -0.15) is 18.3 Å². The molecule has 0 saturated carbocycles. The maximum Gasteiger partial charge on any atom is 0.389 e. The molecular weight excluding hydrogens is 243 g/mol. The lowest BCUT2D eigenvalue weighted by molar-refractivity contribution is -0.136. The van der Waals surface area contributed by atoms with E-state index in [1.54, 1.807) is 17.1 Å². The monoisotopic (exact) mass is 263 g/mol. The fourth-order valence-electron chi connectivity index (χ4n) is 1.57. The molecule has 0 saturated heterocycles. The maximum atomic E-state index is 12.0. The molecule has 0 radical (unpaired) electrons. The maximum absolute atomic E-state index is 12.0. The first kappa shape index (κ1) is 15.0. The molecule has 1 N–H and O–H groups in total. The van der Waals surface area contributed by atoms with Gasteiger partial charge in [0.25, 0.3) is 0 Å². The van der Waals surface area contributed by atoms with E-state index in [2.05, 4.69) is 24.3 Å². The van der Waals surface area contributed by atoms with Gasteiger partial charge < -0.3 is 5.32 Å². The summed E-state index contributed by atoms with van der Waals surface area (Å²) in [5, 5.41) is 7.30. The topological polar surface area (TPSA) is 29.9 Å². The third-order valence-electron chi connectivity index (χ3n) is 2.42. The Morgan fingerprint density at radius 2 is 2.11 bits per heavy atom. The minimum Gasteiger partial charge on any atom is -0.312 e. The van der Waals surface area contributed by atoms with E-state index in [-0.39, 0.29) is 6.42 Å². The van der Waals surface area contributed by atoms with Crippen molar-refractivity contribution in [2.75, 3.05) is 6.54 Å². The van der Waals surface area contributed by atoms with E-state index in [4.69, 9.17) is 0 Å². The number of halogens is 3. The molecule has 0 aliphatic rings. The van der Waals surface area contributed by atoms with Crippen LogP contribution >= 0.6 is 0 Å². The number of alkyl halides is 3. The minimum atomic E-state index is -4.07. The zero-order valence-corrected chi connectivity index (χ0v) is 10.8.